The third-order valence-electron chi connectivity index (χ3n) is 3.43. The number of fused-ring (bicyclic) bond motifs is 1. The quantitative estimate of drug-likeness (QED) is 0.941. The van der Waals surface area contributed by atoms with E-state index in [1.807, 2.05) is 6.07 Å². The van der Waals surface area contributed by atoms with Crippen LogP contribution < -0.4 is 5.32 Å². The fourth-order valence-corrected chi connectivity index (χ4v) is 5.02. The van der Waals surface area contributed by atoms with E-state index < -0.39 is 9.84 Å². The predicted octanol–water partition coefficient (Wildman–Crippen LogP) is 2.45. The number of nitrogens with zero attached hydrogens (tertiary/aromatic N) is 1. The minimum Gasteiger partial charge on any atom is -0.361 e. The van der Waals surface area contributed by atoms with Crippen molar-refractivity contribution in [1.82, 2.24) is 4.98 Å². The maximum atomic E-state index is 11.1. The predicted molar refractivity (Wildman–Crippen MR) is 79.6 cm³/mol. The molecule has 0 atom stereocenters. The van der Waals surface area contributed by atoms with Crippen molar-refractivity contribution >= 4 is 36.5 Å². The molecule has 1 aliphatic rings. The first-order valence-electron chi connectivity index (χ1n) is 6.34. The summed E-state index contributed by atoms with van der Waals surface area (Å²) in [6, 6.07) is 6.17. The highest BCUT2D eigenvalue weighted by molar-refractivity contribution is 7.92. The van der Waals surface area contributed by atoms with Gasteiger partial charge >= 0.3 is 0 Å². The zero-order valence-electron chi connectivity index (χ0n) is 10.7. The Morgan fingerprint density at radius 2 is 2.21 bits per heavy atom. The summed E-state index contributed by atoms with van der Waals surface area (Å²) in [7, 11) is -2.69. The van der Waals surface area contributed by atoms with E-state index in [9.17, 15) is 8.42 Å². The molecule has 3 rings (SSSR count). The fraction of sp³-hybridized carbons (Fsp3) is 0.462. The molecule has 2 heterocycles. The monoisotopic (exact) mass is 296 g/mol. The number of anilines is 1. The summed E-state index contributed by atoms with van der Waals surface area (Å²) < 4.78 is 23.3. The molecule has 0 spiro atoms. The van der Waals surface area contributed by atoms with Crippen LogP contribution >= 0.6 is 11.3 Å². The number of thiazole rings is 1. The normalized spacial score (nSPS) is 18.4. The van der Waals surface area contributed by atoms with E-state index in [-0.39, 0.29) is 0 Å². The molecular formula is C13H16N2O2S2. The van der Waals surface area contributed by atoms with Gasteiger partial charge in [-0.25, -0.2) is 13.4 Å². The van der Waals surface area contributed by atoms with E-state index in [0.29, 0.717) is 17.4 Å². The average Bonchev–Trinajstić information content (AvgIpc) is 2.71. The Morgan fingerprint density at radius 3 is 2.89 bits per heavy atom. The van der Waals surface area contributed by atoms with Crippen LogP contribution in [0.5, 0.6) is 0 Å². The maximum Gasteiger partial charge on any atom is 0.183 e. The molecule has 6 heteroatoms. The van der Waals surface area contributed by atoms with Gasteiger partial charge in [-0.1, -0.05) is 23.5 Å². The first-order chi connectivity index (χ1) is 9.03. The molecule has 0 bridgehead atoms. The van der Waals surface area contributed by atoms with Crippen molar-refractivity contribution in [2.75, 3.05) is 23.4 Å². The second-order valence-electron chi connectivity index (χ2n) is 5.10. The van der Waals surface area contributed by atoms with Gasteiger partial charge in [-0.05, 0) is 30.9 Å². The number of benzene rings is 1. The first-order valence-corrected chi connectivity index (χ1v) is 8.98. The molecule has 0 aliphatic carbocycles. The molecule has 4 nitrogen and oxygen atoms in total. The molecule has 1 N–H and O–H groups in total. The van der Waals surface area contributed by atoms with Crippen LogP contribution in [0.1, 0.15) is 12.0 Å². The molecule has 1 aromatic heterocycles. The third kappa shape index (κ3) is 2.74. The van der Waals surface area contributed by atoms with E-state index in [4.69, 9.17) is 0 Å². The van der Waals surface area contributed by atoms with Crippen LogP contribution in [-0.2, 0) is 9.84 Å². The van der Waals surface area contributed by atoms with Gasteiger partial charge in [-0.3, -0.25) is 0 Å². The SMILES string of the molecule is Cc1cccc2sc(NCCC3CS(=O)(=O)C3)nc12. The van der Waals surface area contributed by atoms with Crippen LogP contribution in [0.2, 0.25) is 0 Å². The Bertz CT molecular complexity index is 695. The lowest BCUT2D eigenvalue weighted by Gasteiger charge is -2.25. The standard InChI is InChI=1S/C13H16N2O2S2/c1-9-3-2-4-11-12(9)15-13(18-11)14-6-5-10-7-19(16,17)8-10/h2-4,10H,5-8H2,1H3,(H,14,15). The Balaban J connectivity index is 1.59. The van der Waals surface area contributed by atoms with Gasteiger partial charge in [-0.15, -0.1) is 0 Å². The van der Waals surface area contributed by atoms with Crippen molar-refractivity contribution < 1.29 is 8.42 Å². The smallest absolute Gasteiger partial charge is 0.183 e. The molecule has 0 saturated carbocycles. The summed E-state index contributed by atoms with van der Waals surface area (Å²) in [5.74, 6) is 1.04. The fourth-order valence-electron chi connectivity index (χ4n) is 2.38. The highest BCUT2D eigenvalue weighted by atomic mass is 32.2. The van der Waals surface area contributed by atoms with Crippen molar-refractivity contribution in [3.8, 4) is 0 Å². The summed E-state index contributed by atoms with van der Waals surface area (Å²) in [4.78, 5) is 4.57. The van der Waals surface area contributed by atoms with Crippen LogP contribution in [-0.4, -0.2) is 31.5 Å². The van der Waals surface area contributed by atoms with Gasteiger partial charge in [-0.2, -0.15) is 0 Å². The number of aryl methyl sites for hydroxylation is 1. The van der Waals surface area contributed by atoms with Gasteiger partial charge in [0.05, 0.1) is 21.7 Å². The number of para-hydroxylation sites is 1. The van der Waals surface area contributed by atoms with Gasteiger partial charge in [0.25, 0.3) is 0 Å². The van der Waals surface area contributed by atoms with Crippen molar-refractivity contribution in [2.24, 2.45) is 5.92 Å². The van der Waals surface area contributed by atoms with Crippen LogP contribution in [0, 0.1) is 12.8 Å². The first kappa shape index (κ1) is 12.9. The van der Waals surface area contributed by atoms with E-state index in [0.717, 1.165) is 23.6 Å². The number of nitrogens with one attached hydrogen (secondary N) is 1. The van der Waals surface area contributed by atoms with Gasteiger partial charge < -0.3 is 5.32 Å². The number of hydrogen-bond acceptors (Lipinski definition) is 5. The Hall–Kier alpha value is -1.14. The van der Waals surface area contributed by atoms with Crippen molar-refractivity contribution in [3.63, 3.8) is 0 Å². The van der Waals surface area contributed by atoms with Crippen LogP contribution in [0.25, 0.3) is 10.2 Å². The van der Waals surface area contributed by atoms with Crippen LogP contribution in [0.4, 0.5) is 5.13 Å². The molecule has 102 valence electrons. The van der Waals surface area contributed by atoms with Gasteiger partial charge in [0.1, 0.15) is 0 Å². The van der Waals surface area contributed by atoms with Crippen molar-refractivity contribution in [1.29, 1.82) is 0 Å². The lowest BCUT2D eigenvalue weighted by Crippen LogP contribution is -2.37. The molecule has 1 fully saturated rings. The van der Waals surface area contributed by atoms with Gasteiger partial charge in [0.15, 0.2) is 15.0 Å². The molecule has 1 aromatic carbocycles. The maximum absolute atomic E-state index is 11.1. The molecule has 2 aromatic rings. The molecule has 0 amide bonds. The minimum absolute atomic E-state index is 0.327. The topological polar surface area (TPSA) is 59.1 Å². The zero-order valence-corrected chi connectivity index (χ0v) is 12.4. The number of aromatic nitrogens is 1. The number of sulfone groups is 1. The zero-order chi connectivity index (χ0) is 13.5. The average molecular weight is 296 g/mol. The van der Waals surface area contributed by atoms with Crippen LogP contribution in [0.15, 0.2) is 18.2 Å². The van der Waals surface area contributed by atoms with E-state index in [1.165, 1.54) is 10.3 Å². The van der Waals surface area contributed by atoms with Crippen molar-refractivity contribution in [2.45, 2.75) is 13.3 Å². The van der Waals surface area contributed by atoms with Crippen LogP contribution in [0.3, 0.4) is 0 Å². The largest absolute Gasteiger partial charge is 0.361 e. The Kier molecular flexibility index (Phi) is 3.22. The summed E-state index contributed by atoms with van der Waals surface area (Å²) in [6.07, 6.45) is 0.897. The number of hydrogen-bond donors (Lipinski definition) is 1. The van der Waals surface area contributed by atoms with E-state index >= 15 is 0 Å². The summed E-state index contributed by atoms with van der Waals surface area (Å²) in [5, 5.41) is 4.22. The highest BCUT2D eigenvalue weighted by Crippen LogP contribution is 2.28. The third-order valence-corrected chi connectivity index (χ3v) is 6.37. The van der Waals surface area contributed by atoms with E-state index in [1.54, 1.807) is 11.3 Å². The molecular weight excluding hydrogens is 280 g/mol. The van der Waals surface area contributed by atoms with Crippen molar-refractivity contribution in [3.05, 3.63) is 23.8 Å². The molecule has 0 unspecified atom stereocenters. The molecule has 0 radical (unpaired) electrons. The molecule has 19 heavy (non-hydrogen) atoms. The van der Waals surface area contributed by atoms with Gasteiger partial charge in [0, 0.05) is 6.54 Å². The molecule has 1 saturated heterocycles. The lowest BCUT2D eigenvalue weighted by atomic mass is 10.1. The number of rotatable bonds is 4. The second-order valence-corrected chi connectivity index (χ2v) is 8.28. The second kappa shape index (κ2) is 4.76. The summed E-state index contributed by atoms with van der Waals surface area (Å²) >= 11 is 1.65. The Morgan fingerprint density at radius 1 is 1.42 bits per heavy atom. The summed E-state index contributed by atoms with van der Waals surface area (Å²) in [6.45, 7) is 2.85. The summed E-state index contributed by atoms with van der Waals surface area (Å²) in [5.41, 5.74) is 2.24. The minimum atomic E-state index is -2.69. The highest BCUT2D eigenvalue weighted by Gasteiger charge is 2.32. The van der Waals surface area contributed by atoms with E-state index in [2.05, 4.69) is 29.4 Å². The Labute approximate surface area is 116 Å². The lowest BCUT2D eigenvalue weighted by molar-refractivity contribution is 0.506. The van der Waals surface area contributed by atoms with Gasteiger partial charge in [0.2, 0.25) is 0 Å². The molecule has 1 aliphatic heterocycles.